The first kappa shape index (κ1) is 17.9. The summed E-state index contributed by atoms with van der Waals surface area (Å²) in [6, 6.07) is 16.0. The molecule has 1 atom stereocenters. The maximum Gasteiger partial charge on any atom is 0.236 e. The van der Waals surface area contributed by atoms with E-state index in [9.17, 15) is 4.79 Å². The SMILES string of the molecule is Cc1ccc(C2(C(=O)Nc3ncc([C@@H](N)c4ccccc4)s3)CC2)cc1C. The highest BCUT2D eigenvalue weighted by Crippen LogP contribution is 2.49. The molecule has 0 radical (unpaired) electrons. The Labute approximate surface area is 163 Å². The molecule has 1 aliphatic carbocycles. The van der Waals surface area contributed by atoms with Crippen molar-refractivity contribution >= 4 is 22.4 Å². The van der Waals surface area contributed by atoms with Crippen LogP contribution in [0.4, 0.5) is 5.13 Å². The van der Waals surface area contributed by atoms with Crippen molar-refractivity contribution in [3.8, 4) is 0 Å². The molecule has 1 amide bonds. The van der Waals surface area contributed by atoms with Gasteiger partial charge in [-0.25, -0.2) is 4.98 Å². The predicted molar refractivity (Wildman–Crippen MR) is 110 cm³/mol. The average Bonchev–Trinajstić information content (AvgIpc) is 3.37. The summed E-state index contributed by atoms with van der Waals surface area (Å²) >= 11 is 1.44. The van der Waals surface area contributed by atoms with Gasteiger partial charge in [-0.2, -0.15) is 0 Å². The molecule has 0 aliphatic heterocycles. The lowest BCUT2D eigenvalue weighted by molar-refractivity contribution is -0.118. The number of anilines is 1. The van der Waals surface area contributed by atoms with Gasteiger partial charge in [-0.15, -0.1) is 0 Å². The van der Waals surface area contributed by atoms with E-state index in [0.717, 1.165) is 28.8 Å². The monoisotopic (exact) mass is 377 g/mol. The number of hydrogen-bond acceptors (Lipinski definition) is 4. The number of nitrogens with two attached hydrogens (primary N) is 1. The van der Waals surface area contributed by atoms with Crippen LogP contribution in [0.3, 0.4) is 0 Å². The standard InChI is InChI=1S/C22H23N3OS/c1-14-8-9-17(12-15(14)2)22(10-11-22)20(26)25-21-24-13-18(27-21)19(23)16-6-4-3-5-7-16/h3-9,12-13,19H,10-11,23H2,1-2H3,(H,24,25,26)/t19-/m0/s1. The number of carbonyl (C=O) groups is 1. The number of thiazole rings is 1. The molecular formula is C22H23N3OS. The zero-order valence-electron chi connectivity index (χ0n) is 15.5. The van der Waals surface area contributed by atoms with E-state index in [-0.39, 0.29) is 11.9 Å². The van der Waals surface area contributed by atoms with E-state index in [4.69, 9.17) is 5.73 Å². The number of benzene rings is 2. The smallest absolute Gasteiger partial charge is 0.236 e. The fourth-order valence-electron chi connectivity index (χ4n) is 3.34. The van der Waals surface area contributed by atoms with Crippen LogP contribution in [-0.2, 0) is 10.2 Å². The van der Waals surface area contributed by atoms with Gasteiger partial charge >= 0.3 is 0 Å². The van der Waals surface area contributed by atoms with Crippen molar-refractivity contribution in [2.24, 2.45) is 5.73 Å². The molecule has 0 spiro atoms. The molecule has 1 saturated carbocycles. The molecule has 1 fully saturated rings. The maximum atomic E-state index is 13.0. The molecule has 0 bridgehead atoms. The van der Waals surface area contributed by atoms with Crippen LogP contribution in [0.2, 0.25) is 0 Å². The summed E-state index contributed by atoms with van der Waals surface area (Å²) in [7, 11) is 0. The van der Waals surface area contributed by atoms with E-state index >= 15 is 0 Å². The number of carbonyl (C=O) groups excluding carboxylic acids is 1. The van der Waals surface area contributed by atoms with E-state index in [1.54, 1.807) is 6.20 Å². The van der Waals surface area contributed by atoms with E-state index in [2.05, 4.69) is 42.3 Å². The highest BCUT2D eigenvalue weighted by Gasteiger charge is 2.51. The van der Waals surface area contributed by atoms with Gasteiger partial charge < -0.3 is 11.1 Å². The minimum absolute atomic E-state index is 0.0277. The van der Waals surface area contributed by atoms with Crippen LogP contribution in [0.1, 0.15) is 46.0 Å². The molecule has 3 N–H and O–H groups in total. The third-order valence-corrected chi connectivity index (χ3v) is 6.45. The number of nitrogens with one attached hydrogen (secondary N) is 1. The molecule has 4 nitrogen and oxygen atoms in total. The molecule has 138 valence electrons. The van der Waals surface area contributed by atoms with E-state index in [1.807, 2.05) is 30.3 Å². The van der Waals surface area contributed by atoms with Gasteiger partial charge in [0, 0.05) is 11.1 Å². The molecule has 4 rings (SSSR count). The van der Waals surface area contributed by atoms with E-state index < -0.39 is 5.41 Å². The van der Waals surface area contributed by atoms with Crippen molar-refractivity contribution in [1.82, 2.24) is 4.98 Å². The Morgan fingerprint density at radius 2 is 1.89 bits per heavy atom. The van der Waals surface area contributed by atoms with Gasteiger partial charge in [-0.3, -0.25) is 4.79 Å². The molecule has 27 heavy (non-hydrogen) atoms. The van der Waals surface area contributed by atoms with Gasteiger partial charge in [0.05, 0.1) is 11.5 Å². The summed E-state index contributed by atoms with van der Waals surface area (Å²) in [4.78, 5) is 18.3. The molecular weight excluding hydrogens is 354 g/mol. The summed E-state index contributed by atoms with van der Waals surface area (Å²) in [5.41, 5.74) is 10.5. The van der Waals surface area contributed by atoms with Crippen LogP contribution in [-0.4, -0.2) is 10.9 Å². The molecule has 0 saturated heterocycles. The predicted octanol–water partition coefficient (Wildman–Crippen LogP) is 4.48. The fourth-order valence-corrected chi connectivity index (χ4v) is 4.18. The molecule has 2 aromatic carbocycles. The van der Waals surface area contributed by atoms with E-state index in [1.165, 1.54) is 22.5 Å². The number of amides is 1. The van der Waals surface area contributed by atoms with Crippen molar-refractivity contribution < 1.29 is 4.79 Å². The van der Waals surface area contributed by atoms with Gasteiger partial charge in [-0.05, 0) is 48.9 Å². The lowest BCUT2D eigenvalue weighted by atomic mass is 9.92. The van der Waals surface area contributed by atoms with Gasteiger partial charge in [0.2, 0.25) is 5.91 Å². The Morgan fingerprint density at radius 3 is 2.56 bits per heavy atom. The van der Waals surface area contributed by atoms with Crippen molar-refractivity contribution in [1.29, 1.82) is 0 Å². The third-order valence-electron chi connectivity index (χ3n) is 5.45. The second kappa shape index (κ2) is 6.91. The van der Waals surface area contributed by atoms with Crippen LogP contribution >= 0.6 is 11.3 Å². The lowest BCUT2D eigenvalue weighted by Gasteiger charge is -2.16. The van der Waals surface area contributed by atoms with Gasteiger partial charge in [-0.1, -0.05) is 59.9 Å². The van der Waals surface area contributed by atoms with Crippen molar-refractivity contribution in [2.45, 2.75) is 38.1 Å². The van der Waals surface area contributed by atoms with Crippen LogP contribution in [0.15, 0.2) is 54.7 Å². The third kappa shape index (κ3) is 3.40. The Balaban J connectivity index is 1.50. The Kier molecular flexibility index (Phi) is 4.58. The highest BCUT2D eigenvalue weighted by molar-refractivity contribution is 7.15. The summed E-state index contributed by atoms with van der Waals surface area (Å²) in [6.45, 7) is 4.18. The first-order chi connectivity index (χ1) is 13.0. The Hall–Kier alpha value is -2.50. The first-order valence-corrected chi connectivity index (χ1v) is 9.97. The summed E-state index contributed by atoms with van der Waals surface area (Å²) in [5.74, 6) is 0.0277. The highest BCUT2D eigenvalue weighted by atomic mass is 32.1. The molecule has 0 unspecified atom stereocenters. The minimum atomic E-state index is -0.411. The van der Waals surface area contributed by atoms with Crippen molar-refractivity contribution in [3.63, 3.8) is 0 Å². The second-order valence-corrected chi connectivity index (χ2v) is 8.35. The molecule has 1 aliphatic rings. The van der Waals surface area contributed by atoms with Crippen LogP contribution in [0, 0.1) is 13.8 Å². The topological polar surface area (TPSA) is 68.0 Å². The molecule has 3 aromatic rings. The zero-order valence-corrected chi connectivity index (χ0v) is 16.3. The Bertz CT molecular complexity index is 976. The molecule has 1 aromatic heterocycles. The Morgan fingerprint density at radius 1 is 1.15 bits per heavy atom. The van der Waals surface area contributed by atoms with Crippen LogP contribution < -0.4 is 11.1 Å². The number of aromatic nitrogens is 1. The van der Waals surface area contributed by atoms with Crippen LogP contribution in [0.5, 0.6) is 0 Å². The van der Waals surface area contributed by atoms with Crippen molar-refractivity contribution in [3.05, 3.63) is 81.9 Å². The average molecular weight is 378 g/mol. The number of hydrogen-bond donors (Lipinski definition) is 2. The molecule has 1 heterocycles. The van der Waals surface area contributed by atoms with Crippen molar-refractivity contribution in [2.75, 3.05) is 5.32 Å². The zero-order chi connectivity index (χ0) is 19.0. The quantitative estimate of drug-likeness (QED) is 0.689. The van der Waals surface area contributed by atoms with Gasteiger partial charge in [0.25, 0.3) is 0 Å². The summed E-state index contributed by atoms with van der Waals surface area (Å²) in [6.07, 6.45) is 3.51. The molecule has 5 heteroatoms. The fraction of sp³-hybridized carbons (Fsp3) is 0.273. The first-order valence-electron chi connectivity index (χ1n) is 9.15. The number of rotatable bonds is 5. The minimum Gasteiger partial charge on any atom is -0.320 e. The number of aryl methyl sites for hydroxylation is 2. The summed E-state index contributed by atoms with van der Waals surface area (Å²) in [5, 5.41) is 3.62. The number of nitrogens with zero attached hydrogens (tertiary/aromatic N) is 1. The van der Waals surface area contributed by atoms with Gasteiger partial charge in [0.15, 0.2) is 5.13 Å². The maximum absolute atomic E-state index is 13.0. The lowest BCUT2D eigenvalue weighted by Crippen LogP contribution is -2.27. The summed E-state index contributed by atoms with van der Waals surface area (Å²) < 4.78 is 0. The normalized spacial score (nSPS) is 16.0. The van der Waals surface area contributed by atoms with E-state index in [0.29, 0.717) is 5.13 Å². The van der Waals surface area contributed by atoms with Crippen LogP contribution in [0.25, 0.3) is 0 Å². The largest absolute Gasteiger partial charge is 0.320 e. The second-order valence-electron chi connectivity index (χ2n) is 7.29. The van der Waals surface area contributed by atoms with Gasteiger partial charge in [0.1, 0.15) is 0 Å².